The number of anilines is 1. The maximum absolute atomic E-state index is 7.73. The molecule has 0 bridgehead atoms. The Balaban J connectivity index is 2.29. The minimum absolute atomic E-state index is 0.0427. The highest BCUT2D eigenvalue weighted by atomic mass is 35.5. The molecule has 1 aliphatic rings. The summed E-state index contributed by atoms with van der Waals surface area (Å²) >= 11 is 6.19. The summed E-state index contributed by atoms with van der Waals surface area (Å²) in [4.78, 5) is 2.26. The number of rotatable bonds is 3. The number of benzene rings is 1. The number of nitrogens with zero attached hydrogens (tertiary/aromatic N) is 1. The Labute approximate surface area is 120 Å². The van der Waals surface area contributed by atoms with Crippen molar-refractivity contribution in [3.05, 3.63) is 28.8 Å². The molecule has 1 aliphatic carbocycles. The highest BCUT2D eigenvalue weighted by molar-refractivity contribution is 6.34. The van der Waals surface area contributed by atoms with Crippen molar-refractivity contribution in [2.75, 3.05) is 11.9 Å². The molecule has 3 nitrogen and oxygen atoms in total. The van der Waals surface area contributed by atoms with Gasteiger partial charge >= 0.3 is 0 Å². The van der Waals surface area contributed by atoms with Crippen molar-refractivity contribution in [3.8, 4) is 0 Å². The van der Waals surface area contributed by atoms with Crippen molar-refractivity contribution < 1.29 is 0 Å². The fraction of sp³-hybridized carbons (Fsp3) is 0.533. The highest BCUT2D eigenvalue weighted by Gasteiger charge is 2.21. The van der Waals surface area contributed by atoms with Gasteiger partial charge < -0.3 is 10.6 Å². The number of nitrogen functional groups attached to an aromatic ring is 1. The Bertz CT molecular complexity index is 451. The van der Waals surface area contributed by atoms with Crippen LogP contribution in [0.3, 0.4) is 0 Å². The minimum atomic E-state index is 0.0427. The predicted octanol–water partition coefficient (Wildman–Crippen LogP) is 3.78. The van der Waals surface area contributed by atoms with Gasteiger partial charge in [0.15, 0.2) is 0 Å². The highest BCUT2D eigenvalue weighted by Crippen LogP contribution is 2.31. The summed E-state index contributed by atoms with van der Waals surface area (Å²) < 4.78 is 0. The number of hydrogen-bond donors (Lipinski definition) is 2. The van der Waals surface area contributed by atoms with E-state index in [9.17, 15) is 0 Å². The van der Waals surface area contributed by atoms with Crippen molar-refractivity contribution >= 4 is 23.1 Å². The van der Waals surface area contributed by atoms with Gasteiger partial charge in [-0.3, -0.25) is 5.41 Å². The Morgan fingerprint density at radius 1 is 1.26 bits per heavy atom. The molecule has 0 aliphatic heterocycles. The Morgan fingerprint density at radius 2 is 1.89 bits per heavy atom. The van der Waals surface area contributed by atoms with Crippen LogP contribution in [0.15, 0.2) is 18.2 Å². The molecule has 1 aromatic rings. The Morgan fingerprint density at radius 3 is 2.47 bits per heavy atom. The molecule has 0 radical (unpaired) electrons. The lowest BCUT2D eigenvalue weighted by atomic mass is 10.0. The molecule has 0 heterocycles. The van der Waals surface area contributed by atoms with Crippen LogP contribution in [0, 0.1) is 5.41 Å². The molecule has 2 rings (SSSR count). The first-order valence-corrected chi connectivity index (χ1v) is 7.35. The molecule has 104 valence electrons. The maximum atomic E-state index is 7.73. The van der Waals surface area contributed by atoms with Crippen molar-refractivity contribution in [1.29, 1.82) is 5.41 Å². The zero-order valence-electron chi connectivity index (χ0n) is 11.5. The van der Waals surface area contributed by atoms with E-state index >= 15 is 0 Å². The molecular weight excluding hydrogens is 258 g/mol. The summed E-state index contributed by atoms with van der Waals surface area (Å²) in [6.45, 7) is 0. The molecule has 19 heavy (non-hydrogen) atoms. The van der Waals surface area contributed by atoms with Gasteiger partial charge in [-0.25, -0.2) is 0 Å². The van der Waals surface area contributed by atoms with Crippen LogP contribution in [0.2, 0.25) is 5.02 Å². The molecule has 0 spiro atoms. The molecule has 0 amide bonds. The molecule has 1 aromatic carbocycles. The topological polar surface area (TPSA) is 53.1 Å². The SMILES string of the molecule is CN(c1cccc(Cl)c1C(=N)N)C1CCCCCC1. The van der Waals surface area contributed by atoms with Gasteiger partial charge in [-0.15, -0.1) is 0 Å². The van der Waals surface area contributed by atoms with E-state index in [0.29, 0.717) is 16.6 Å². The number of amidine groups is 1. The fourth-order valence-corrected chi connectivity index (χ4v) is 3.19. The van der Waals surface area contributed by atoms with Crippen LogP contribution in [0.25, 0.3) is 0 Å². The molecule has 4 heteroatoms. The number of nitrogens with one attached hydrogen (secondary N) is 1. The van der Waals surface area contributed by atoms with Crippen LogP contribution in [0.5, 0.6) is 0 Å². The van der Waals surface area contributed by atoms with Crippen LogP contribution in [-0.2, 0) is 0 Å². The van der Waals surface area contributed by atoms with Crippen LogP contribution in [-0.4, -0.2) is 18.9 Å². The van der Waals surface area contributed by atoms with Crippen LogP contribution in [0.4, 0.5) is 5.69 Å². The Kier molecular flexibility index (Phi) is 4.70. The third-order valence-electron chi connectivity index (χ3n) is 4.01. The summed E-state index contributed by atoms with van der Waals surface area (Å²) in [7, 11) is 2.09. The van der Waals surface area contributed by atoms with E-state index in [4.69, 9.17) is 22.7 Å². The van der Waals surface area contributed by atoms with Gasteiger partial charge in [-0.05, 0) is 25.0 Å². The van der Waals surface area contributed by atoms with Crippen LogP contribution < -0.4 is 10.6 Å². The minimum Gasteiger partial charge on any atom is -0.384 e. The standard InChI is InChI=1S/C15H22ClN3/c1-19(11-7-4-2-3-5-8-11)13-10-6-9-12(16)14(13)15(17)18/h6,9-11H,2-5,7-8H2,1H3,(H3,17,18). The van der Waals surface area contributed by atoms with Crippen LogP contribution >= 0.6 is 11.6 Å². The van der Waals surface area contributed by atoms with Crippen molar-refractivity contribution in [2.24, 2.45) is 5.73 Å². The molecule has 0 unspecified atom stereocenters. The third-order valence-corrected chi connectivity index (χ3v) is 4.33. The summed E-state index contributed by atoms with van der Waals surface area (Å²) in [6.07, 6.45) is 7.65. The average molecular weight is 280 g/mol. The Hall–Kier alpha value is -1.22. The summed E-state index contributed by atoms with van der Waals surface area (Å²) in [5, 5.41) is 8.29. The monoisotopic (exact) mass is 279 g/mol. The third kappa shape index (κ3) is 3.21. The van der Waals surface area contributed by atoms with E-state index in [-0.39, 0.29) is 5.84 Å². The van der Waals surface area contributed by atoms with Crippen molar-refractivity contribution in [3.63, 3.8) is 0 Å². The van der Waals surface area contributed by atoms with Crippen molar-refractivity contribution in [1.82, 2.24) is 0 Å². The smallest absolute Gasteiger partial charge is 0.126 e. The normalized spacial score (nSPS) is 16.9. The van der Waals surface area contributed by atoms with E-state index in [1.165, 1.54) is 38.5 Å². The van der Waals surface area contributed by atoms with Gasteiger partial charge in [-0.1, -0.05) is 43.4 Å². The predicted molar refractivity (Wildman–Crippen MR) is 82.4 cm³/mol. The summed E-state index contributed by atoms with van der Waals surface area (Å²) in [5.74, 6) is 0.0427. The van der Waals surface area contributed by atoms with Crippen LogP contribution in [0.1, 0.15) is 44.1 Å². The quantitative estimate of drug-likeness (QED) is 0.502. The van der Waals surface area contributed by atoms with Gasteiger partial charge in [0.1, 0.15) is 5.84 Å². The fourth-order valence-electron chi connectivity index (χ4n) is 2.92. The number of halogens is 1. The van der Waals surface area contributed by atoms with E-state index in [0.717, 1.165) is 5.69 Å². The maximum Gasteiger partial charge on any atom is 0.126 e. The van der Waals surface area contributed by atoms with Gasteiger partial charge in [0.25, 0.3) is 0 Å². The largest absolute Gasteiger partial charge is 0.384 e. The second-order valence-electron chi connectivity index (χ2n) is 5.30. The number of hydrogen-bond acceptors (Lipinski definition) is 2. The zero-order chi connectivity index (χ0) is 13.8. The molecule has 1 saturated carbocycles. The van der Waals surface area contributed by atoms with E-state index in [1.54, 1.807) is 6.07 Å². The first-order valence-electron chi connectivity index (χ1n) is 6.97. The van der Waals surface area contributed by atoms with E-state index < -0.39 is 0 Å². The lowest BCUT2D eigenvalue weighted by Crippen LogP contribution is -2.33. The van der Waals surface area contributed by atoms with Crippen molar-refractivity contribution in [2.45, 2.75) is 44.6 Å². The molecule has 0 atom stereocenters. The van der Waals surface area contributed by atoms with E-state index in [1.807, 2.05) is 12.1 Å². The second-order valence-corrected chi connectivity index (χ2v) is 5.71. The van der Waals surface area contributed by atoms with E-state index in [2.05, 4.69) is 11.9 Å². The van der Waals surface area contributed by atoms with Gasteiger partial charge in [0.05, 0.1) is 10.6 Å². The summed E-state index contributed by atoms with van der Waals surface area (Å²) in [5.41, 5.74) is 7.33. The lowest BCUT2D eigenvalue weighted by Gasteiger charge is -2.31. The molecule has 3 N–H and O–H groups in total. The zero-order valence-corrected chi connectivity index (χ0v) is 12.2. The second kappa shape index (κ2) is 6.29. The first-order chi connectivity index (χ1) is 9.11. The first kappa shape index (κ1) is 14.2. The molecule has 0 saturated heterocycles. The summed E-state index contributed by atoms with van der Waals surface area (Å²) in [6, 6.07) is 6.26. The molecule has 1 fully saturated rings. The van der Waals surface area contributed by atoms with Gasteiger partial charge in [0, 0.05) is 18.8 Å². The lowest BCUT2D eigenvalue weighted by molar-refractivity contribution is 0.553. The van der Waals surface area contributed by atoms with Gasteiger partial charge in [-0.2, -0.15) is 0 Å². The van der Waals surface area contributed by atoms with Gasteiger partial charge in [0.2, 0.25) is 0 Å². The molecule has 0 aromatic heterocycles. The average Bonchev–Trinajstić information content (AvgIpc) is 2.66. The molecular formula is C15H22ClN3. The number of nitrogens with two attached hydrogens (primary N) is 1.